The molecule has 2 N–H and O–H groups in total. The lowest BCUT2D eigenvalue weighted by molar-refractivity contribution is 0.318. The van der Waals surface area contributed by atoms with E-state index in [-0.39, 0.29) is 0 Å². The van der Waals surface area contributed by atoms with Gasteiger partial charge in [0.1, 0.15) is 12.4 Å². The van der Waals surface area contributed by atoms with Crippen molar-refractivity contribution in [3.8, 4) is 5.88 Å². The fourth-order valence-corrected chi connectivity index (χ4v) is 1.52. The van der Waals surface area contributed by atoms with Gasteiger partial charge in [0, 0.05) is 13.0 Å². The molecule has 1 heterocycles. The minimum atomic E-state index is 0.476. The highest BCUT2D eigenvalue weighted by atomic mass is 16.5. The van der Waals surface area contributed by atoms with Crippen molar-refractivity contribution in [2.45, 2.75) is 13.3 Å². The molecule has 1 aromatic carbocycles. The molecule has 0 saturated heterocycles. The van der Waals surface area contributed by atoms with Gasteiger partial charge in [0.2, 0.25) is 5.88 Å². The second kappa shape index (κ2) is 4.90. The van der Waals surface area contributed by atoms with E-state index in [4.69, 9.17) is 10.5 Å². The number of nitrogens with two attached hydrogens (primary N) is 1. The molecule has 0 saturated carbocycles. The number of nitrogens with zero attached hydrogens (tertiary/aromatic N) is 2. The zero-order valence-electron chi connectivity index (χ0n) is 9.31. The summed E-state index contributed by atoms with van der Waals surface area (Å²) < 4.78 is 5.53. The first-order valence-electron chi connectivity index (χ1n) is 5.43. The van der Waals surface area contributed by atoms with Crippen LogP contribution in [0.25, 0.3) is 10.9 Å². The molecule has 84 valence electrons. The molecule has 2 aromatic rings. The molecule has 0 aliphatic heterocycles. The van der Waals surface area contributed by atoms with Crippen LogP contribution in [0.1, 0.15) is 12.7 Å². The third kappa shape index (κ3) is 2.12. The summed E-state index contributed by atoms with van der Waals surface area (Å²) in [6.45, 7) is 2.99. The molecular formula is C12H15N3O. The zero-order valence-corrected chi connectivity index (χ0v) is 9.31. The highest BCUT2D eigenvalue weighted by Gasteiger charge is 2.06. The molecule has 0 bridgehead atoms. The molecule has 0 amide bonds. The monoisotopic (exact) mass is 217 g/mol. The number of aryl methyl sites for hydroxylation is 1. The van der Waals surface area contributed by atoms with Gasteiger partial charge in [-0.3, -0.25) is 0 Å². The van der Waals surface area contributed by atoms with E-state index in [9.17, 15) is 0 Å². The zero-order chi connectivity index (χ0) is 11.4. The van der Waals surface area contributed by atoms with Crippen molar-refractivity contribution < 1.29 is 4.74 Å². The van der Waals surface area contributed by atoms with Crippen LogP contribution in [-0.4, -0.2) is 23.1 Å². The van der Waals surface area contributed by atoms with Crippen LogP contribution in [0.15, 0.2) is 24.3 Å². The molecule has 0 fully saturated rings. The maximum Gasteiger partial charge on any atom is 0.224 e. The van der Waals surface area contributed by atoms with E-state index in [1.807, 2.05) is 31.2 Å². The van der Waals surface area contributed by atoms with E-state index in [0.29, 0.717) is 19.0 Å². The van der Waals surface area contributed by atoms with Gasteiger partial charge in [-0.05, 0) is 12.1 Å². The van der Waals surface area contributed by atoms with Crippen molar-refractivity contribution in [3.63, 3.8) is 0 Å². The van der Waals surface area contributed by atoms with Gasteiger partial charge in [-0.1, -0.05) is 19.1 Å². The van der Waals surface area contributed by atoms with Crippen LogP contribution in [0.5, 0.6) is 5.88 Å². The van der Waals surface area contributed by atoms with E-state index in [1.54, 1.807) is 0 Å². The van der Waals surface area contributed by atoms with Gasteiger partial charge in [-0.2, -0.15) is 4.98 Å². The molecule has 2 rings (SSSR count). The Morgan fingerprint density at radius 3 is 2.81 bits per heavy atom. The Hall–Kier alpha value is -1.68. The standard InChI is InChI=1S/C12H15N3O/c1-2-11-14-10-6-4-3-5-9(10)12(15-11)16-8-7-13/h3-6H,2,7-8,13H2,1H3. The quantitative estimate of drug-likeness (QED) is 0.843. The van der Waals surface area contributed by atoms with Crippen LogP contribution in [0.4, 0.5) is 0 Å². The van der Waals surface area contributed by atoms with Crippen LogP contribution in [-0.2, 0) is 6.42 Å². The molecule has 0 unspecified atom stereocenters. The highest BCUT2D eigenvalue weighted by Crippen LogP contribution is 2.22. The molecule has 0 radical (unpaired) electrons. The molecule has 0 atom stereocenters. The number of ether oxygens (including phenoxy) is 1. The van der Waals surface area contributed by atoms with Crippen LogP contribution < -0.4 is 10.5 Å². The number of fused-ring (bicyclic) bond motifs is 1. The van der Waals surface area contributed by atoms with E-state index in [0.717, 1.165) is 23.1 Å². The largest absolute Gasteiger partial charge is 0.476 e. The van der Waals surface area contributed by atoms with Crippen molar-refractivity contribution in [2.24, 2.45) is 5.73 Å². The lowest BCUT2D eigenvalue weighted by atomic mass is 10.2. The lowest BCUT2D eigenvalue weighted by Crippen LogP contribution is -2.12. The fraction of sp³-hybridized carbons (Fsp3) is 0.333. The summed E-state index contributed by atoms with van der Waals surface area (Å²) in [5.74, 6) is 1.43. The summed E-state index contributed by atoms with van der Waals surface area (Å²) in [4.78, 5) is 8.81. The summed E-state index contributed by atoms with van der Waals surface area (Å²) in [5.41, 5.74) is 6.34. The van der Waals surface area contributed by atoms with Gasteiger partial charge in [0.25, 0.3) is 0 Å². The number of benzene rings is 1. The lowest BCUT2D eigenvalue weighted by Gasteiger charge is -2.08. The van der Waals surface area contributed by atoms with Crippen LogP contribution in [0.3, 0.4) is 0 Å². The summed E-state index contributed by atoms with van der Waals surface area (Å²) >= 11 is 0. The minimum absolute atomic E-state index is 0.476. The van der Waals surface area contributed by atoms with E-state index in [1.165, 1.54) is 0 Å². The summed E-state index contributed by atoms with van der Waals surface area (Å²) in [7, 11) is 0. The molecule has 0 aliphatic rings. The SMILES string of the molecule is CCc1nc(OCCN)c2ccccc2n1. The van der Waals surface area contributed by atoms with E-state index < -0.39 is 0 Å². The van der Waals surface area contributed by atoms with Crippen molar-refractivity contribution in [1.29, 1.82) is 0 Å². The van der Waals surface area contributed by atoms with Crippen molar-refractivity contribution in [2.75, 3.05) is 13.2 Å². The Bertz CT molecular complexity index is 485. The number of aromatic nitrogens is 2. The predicted octanol–water partition coefficient (Wildman–Crippen LogP) is 1.53. The normalized spacial score (nSPS) is 10.6. The van der Waals surface area contributed by atoms with Crippen LogP contribution in [0, 0.1) is 0 Å². The Labute approximate surface area is 94.5 Å². The van der Waals surface area contributed by atoms with Crippen molar-refractivity contribution >= 4 is 10.9 Å². The molecule has 0 aliphatic carbocycles. The van der Waals surface area contributed by atoms with Gasteiger partial charge in [-0.25, -0.2) is 4.98 Å². The van der Waals surface area contributed by atoms with E-state index >= 15 is 0 Å². The first-order valence-corrected chi connectivity index (χ1v) is 5.43. The predicted molar refractivity (Wildman–Crippen MR) is 63.5 cm³/mol. The van der Waals surface area contributed by atoms with Gasteiger partial charge in [-0.15, -0.1) is 0 Å². The minimum Gasteiger partial charge on any atom is -0.476 e. The number of hydrogen-bond donors (Lipinski definition) is 1. The van der Waals surface area contributed by atoms with Crippen LogP contribution in [0.2, 0.25) is 0 Å². The third-order valence-corrected chi connectivity index (χ3v) is 2.29. The van der Waals surface area contributed by atoms with Crippen LogP contribution >= 0.6 is 0 Å². The van der Waals surface area contributed by atoms with Crippen molar-refractivity contribution in [3.05, 3.63) is 30.1 Å². The molecule has 0 spiro atoms. The van der Waals surface area contributed by atoms with Gasteiger partial charge in [0.15, 0.2) is 0 Å². The Balaban J connectivity index is 2.50. The smallest absolute Gasteiger partial charge is 0.224 e. The summed E-state index contributed by atoms with van der Waals surface area (Å²) in [6.07, 6.45) is 0.795. The summed E-state index contributed by atoms with van der Waals surface area (Å²) in [5, 5.41) is 0.938. The maximum atomic E-state index is 5.53. The van der Waals surface area contributed by atoms with Crippen molar-refractivity contribution in [1.82, 2.24) is 9.97 Å². The molecular weight excluding hydrogens is 202 g/mol. The molecule has 1 aromatic heterocycles. The molecule has 4 nitrogen and oxygen atoms in total. The van der Waals surface area contributed by atoms with Gasteiger partial charge < -0.3 is 10.5 Å². The average molecular weight is 217 g/mol. The first-order chi connectivity index (χ1) is 7.85. The highest BCUT2D eigenvalue weighted by molar-refractivity contribution is 5.83. The number of rotatable bonds is 4. The Morgan fingerprint density at radius 2 is 2.06 bits per heavy atom. The van der Waals surface area contributed by atoms with E-state index in [2.05, 4.69) is 9.97 Å². The van der Waals surface area contributed by atoms with Gasteiger partial charge >= 0.3 is 0 Å². The topological polar surface area (TPSA) is 61.0 Å². The summed E-state index contributed by atoms with van der Waals surface area (Å²) in [6, 6.07) is 7.83. The Kier molecular flexibility index (Phi) is 3.31. The molecule has 4 heteroatoms. The average Bonchev–Trinajstić information content (AvgIpc) is 2.35. The first kappa shape index (κ1) is 10.8. The second-order valence-corrected chi connectivity index (χ2v) is 3.45. The third-order valence-electron chi connectivity index (χ3n) is 2.29. The second-order valence-electron chi connectivity index (χ2n) is 3.45. The number of para-hydroxylation sites is 1. The van der Waals surface area contributed by atoms with Gasteiger partial charge in [0.05, 0.1) is 10.9 Å². The fourth-order valence-electron chi connectivity index (χ4n) is 1.52. The number of hydrogen-bond acceptors (Lipinski definition) is 4. The molecule has 16 heavy (non-hydrogen) atoms. The Morgan fingerprint density at radius 1 is 1.25 bits per heavy atom. The maximum absolute atomic E-state index is 5.53.